The summed E-state index contributed by atoms with van der Waals surface area (Å²) < 4.78 is 0. The number of carbonyl (C=O) groups is 1. The predicted octanol–water partition coefficient (Wildman–Crippen LogP) is 6.76. The second-order valence-corrected chi connectivity index (χ2v) is 16.7. The first kappa shape index (κ1) is 37.6. The molecule has 5 rings (SSSR count). The van der Waals surface area contributed by atoms with Gasteiger partial charge in [0.25, 0.3) is 17.3 Å². The van der Waals surface area contributed by atoms with Crippen molar-refractivity contribution in [2.75, 3.05) is 50.9 Å². The zero-order valence-electron chi connectivity index (χ0n) is 30.6. The Balaban J connectivity index is 0.00000160. The Labute approximate surface area is 284 Å². The summed E-state index contributed by atoms with van der Waals surface area (Å²) in [6.45, 7) is 15.5. The number of hydrogen-bond donors (Lipinski definition) is 4. The lowest BCUT2D eigenvalue weighted by Crippen LogP contribution is -2.52. The fraction of sp³-hybridized carbons (Fsp3) is 0.821. The van der Waals surface area contributed by atoms with Gasteiger partial charge in [-0.25, -0.2) is 0 Å². The molecule has 0 aliphatic heterocycles. The van der Waals surface area contributed by atoms with Gasteiger partial charge in [-0.05, 0) is 125 Å². The lowest BCUT2D eigenvalue weighted by molar-refractivity contribution is -0.122. The Morgan fingerprint density at radius 3 is 2.26 bits per heavy atom. The van der Waals surface area contributed by atoms with Crippen molar-refractivity contribution in [1.82, 2.24) is 10.2 Å². The highest BCUT2D eigenvalue weighted by Crippen LogP contribution is 2.67. The van der Waals surface area contributed by atoms with Gasteiger partial charge in [0.1, 0.15) is 11.4 Å². The molecular formula is C39H66N4O4. The van der Waals surface area contributed by atoms with E-state index in [0.29, 0.717) is 41.3 Å². The van der Waals surface area contributed by atoms with Crippen molar-refractivity contribution >= 4 is 17.8 Å². The molecule has 8 atom stereocenters. The van der Waals surface area contributed by atoms with Gasteiger partial charge >= 0.3 is 0 Å². The van der Waals surface area contributed by atoms with Crippen LogP contribution in [0.3, 0.4) is 0 Å². The molecule has 47 heavy (non-hydrogen) atoms. The van der Waals surface area contributed by atoms with Crippen molar-refractivity contribution < 1.29 is 9.90 Å². The van der Waals surface area contributed by atoms with E-state index in [1.54, 1.807) is 5.57 Å². The van der Waals surface area contributed by atoms with Crippen molar-refractivity contribution in [1.29, 1.82) is 0 Å². The minimum atomic E-state index is -0.383. The molecule has 4 aliphatic carbocycles. The number of carboxylic acid groups (broad SMARTS) is 1. The summed E-state index contributed by atoms with van der Waals surface area (Å²) in [6.07, 6.45) is 18.6. The van der Waals surface area contributed by atoms with Gasteiger partial charge in [0, 0.05) is 25.7 Å². The minimum absolute atomic E-state index is 0.250. The van der Waals surface area contributed by atoms with Gasteiger partial charge < -0.3 is 26.0 Å². The fourth-order valence-electron chi connectivity index (χ4n) is 10.7. The van der Waals surface area contributed by atoms with Crippen LogP contribution < -0.4 is 26.8 Å². The van der Waals surface area contributed by atoms with Gasteiger partial charge in [-0.3, -0.25) is 14.4 Å². The lowest BCUT2D eigenvalue weighted by atomic mass is 9.47. The molecule has 1 aromatic carbocycles. The lowest BCUT2D eigenvalue weighted by Gasteiger charge is -2.58. The van der Waals surface area contributed by atoms with E-state index in [1.165, 1.54) is 64.2 Å². The predicted molar refractivity (Wildman–Crippen MR) is 195 cm³/mol. The molecule has 8 heteroatoms. The van der Waals surface area contributed by atoms with Crippen LogP contribution >= 0.6 is 0 Å². The SMILES string of the molecule is CC(C)CCC[C@@H](C)C1CCC2C3CC=C4CC(NCCNc5c(NCCCN(C)C)c(=O)c5=O)CCC4(C)C3CCC21C.O=CO. The third-order valence-electron chi connectivity index (χ3n) is 13.2. The number of rotatable bonds is 15. The van der Waals surface area contributed by atoms with Crippen LogP contribution in [0.1, 0.15) is 112 Å². The molecule has 0 spiro atoms. The maximum Gasteiger partial charge on any atom is 0.290 e. The molecule has 1 aromatic rings. The van der Waals surface area contributed by atoms with Crippen LogP contribution in [0.2, 0.25) is 0 Å². The molecule has 7 unspecified atom stereocenters. The van der Waals surface area contributed by atoms with E-state index in [-0.39, 0.29) is 17.3 Å². The molecule has 3 fully saturated rings. The van der Waals surface area contributed by atoms with E-state index in [1.807, 2.05) is 14.1 Å². The van der Waals surface area contributed by atoms with Gasteiger partial charge in [0.15, 0.2) is 0 Å². The summed E-state index contributed by atoms with van der Waals surface area (Å²) in [5.74, 6) is 5.28. The summed E-state index contributed by atoms with van der Waals surface area (Å²) in [5, 5.41) is 17.1. The van der Waals surface area contributed by atoms with Crippen molar-refractivity contribution in [3.63, 3.8) is 0 Å². The highest BCUT2D eigenvalue weighted by molar-refractivity contribution is 5.73. The molecule has 0 heterocycles. The van der Waals surface area contributed by atoms with Crippen LogP contribution in [-0.2, 0) is 4.79 Å². The first-order valence-electron chi connectivity index (χ1n) is 18.8. The summed E-state index contributed by atoms with van der Waals surface area (Å²) >= 11 is 0. The van der Waals surface area contributed by atoms with Crippen LogP contribution in [0.15, 0.2) is 21.2 Å². The second-order valence-electron chi connectivity index (χ2n) is 16.7. The molecule has 8 nitrogen and oxygen atoms in total. The Morgan fingerprint density at radius 1 is 0.915 bits per heavy atom. The van der Waals surface area contributed by atoms with Crippen molar-refractivity contribution in [2.45, 2.75) is 118 Å². The fourth-order valence-corrected chi connectivity index (χ4v) is 10.7. The van der Waals surface area contributed by atoms with Gasteiger partial charge in [0.2, 0.25) is 0 Å². The molecule has 3 saturated carbocycles. The topological polar surface area (TPSA) is 111 Å². The Bertz CT molecular complexity index is 1270. The van der Waals surface area contributed by atoms with Crippen LogP contribution in [0.5, 0.6) is 0 Å². The van der Waals surface area contributed by atoms with Gasteiger partial charge in [-0.1, -0.05) is 65.5 Å². The highest BCUT2D eigenvalue weighted by Gasteiger charge is 2.59. The normalized spacial score (nSPS) is 32.1. The molecule has 0 saturated heterocycles. The first-order valence-corrected chi connectivity index (χ1v) is 18.8. The van der Waals surface area contributed by atoms with Crippen LogP contribution in [0, 0.1) is 46.3 Å². The molecule has 266 valence electrons. The number of fused-ring (bicyclic) bond motifs is 5. The molecule has 4 N–H and O–H groups in total. The monoisotopic (exact) mass is 655 g/mol. The quantitative estimate of drug-likeness (QED) is 0.0711. The standard InChI is InChI=1S/C38H64N4O2.CH2O2/c1-25(2)10-8-11-26(3)30-14-15-31-29-13-12-27-24-28(16-18-37(27,4)32(29)17-19-38(30,31)5)39-21-22-41-34-33(35(43)36(34)44)40-20-9-23-42(6)7;2-1-3/h12,25-26,28-32,39-41H,8-11,13-24H2,1-7H3;1H,(H,2,3)/t26-,28?,29?,30?,31?,32?,37?,38?;/m1./s1. The van der Waals surface area contributed by atoms with E-state index in [0.717, 1.165) is 61.4 Å². The van der Waals surface area contributed by atoms with Gasteiger partial charge in [0.05, 0.1) is 0 Å². The van der Waals surface area contributed by atoms with Crippen LogP contribution in [0.25, 0.3) is 0 Å². The molecule has 0 bridgehead atoms. The zero-order chi connectivity index (χ0) is 34.4. The van der Waals surface area contributed by atoms with Crippen molar-refractivity contribution in [3.8, 4) is 0 Å². The average molecular weight is 655 g/mol. The largest absolute Gasteiger partial charge is 0.483 e. The Morgan fingerprint density at radius 2 is 1.60 bits per heavy atom. The molecule has 4 aliphatic rings. The summed E-state index contributed by atoms with van der Waals surface area (Å²) in [7, 11) is 4.08. The molecular weight excluding hydrogens is 588 g/mol. The number of hydrogen-bond acceptors (Lipinski definition) is 7. The van der Waals surface area contributed by atoms with E-state index in [2.05, 4.69) is 61.5 Å². The van der Waals surface area contributed by atoms with Crippen LogP contribution in [0.4, 0.5) is 11.4 Å². The highest BCUT2D eigenvalue weighted by atomic mass is 16.3. The number of allylic oxidation sites excluding steroid dienone is 1. The maximum absolute atomic E-state index is 12.2. The first-order chi connectivity index (χ1) is 22.4. The number of anilines is 2. The maximum atomic E-state index is 12.2. The summed E-state index contributed by atoms with van der Waals surface area (Å²) in [6, 6.07) is 0.500. The smallest absolute Gasteiger partial charge is 0.290 e. The third kappa shape index (κ3) is 8.34. The van der Waals surface area contributed by atoms with Gasteiger partial charge in [-0.15, -0.1) is 0 Å². The van der Waals surface area contributed by atoms with Crippen molar-refractivity contribution in [2.24, 2.45) is 46.3 Å². The number of nitrogens with zero attached hydrogens (tertiary/aromatic N) is 1. The molecule has 0 radical (unpaired) electrons. The average Bonchev–Trinajstić information content (AvgIpc) is 3.38. The van der Waals surface area contributed by atoms with E-state index in [9.17, 15) is 9.59 Å². The van der Waals surface area contributed by atoms with E-state index >= 15 is 0 Å². The molecule has 0 amide bonds. The second kappa shape index (κ2) is 16.5. The van der Waals surface area contributed by atoms with E-state index in [4.69, 9.17) is 9.90 Å². The van der Waals surface area contributed by atoms with E-state index < -0.39 is 0 Å². The third-order valence-corrected chi connectivity index (χ3v) is 13.2. The molecule has 0 aromatic heterocycles. The minimum Gasteiger partial charge on any atom is -0.483 e. The zero-order valence-corrected chi connectivity index (χ0v) is 30.6. The Kier molecular flexibility index (Phi) is 13.2. The Hall–Kier alpha value is -2.19. The van der Waals surface area contributed by atoms with Gasteiger partial charge in [-0.2, -0.15) is 0 Å². The van der Waals surface area contributed by atoms with Crippen molar-refractivity contribution in [3.05, 3.63) is 32.1 Å². The van der Waals surface area contributed by atoms with Crippen LogP contribution in [-0.4, -0.2) is 62.8 Å². The summed E-state index contributed by atoms with van der Waals surface area (Å²) in [5.41, 5.74) is 2.83. The summed E-state index contributed by atoms with van der Waals surface area (Å²) in [4.78, 5) is 34.7. The number of nitrogens with one attached hydrogen (secondary N) is 3.